The van der Waals surface area contributed by atoms with Crippen molar-refractivity contribution in [2.45, 2.75) is 57.7 Å². The first-order chi connectivity index (χ1) is 18.1. The third-order valence-corrected chi connectivity index (χ3v) is 8.09. The molecule has 1 aliphatic heterocycles. The molecule has 3 heterocycles. The van der Waals surface area contributed by atoms with Crippen LogP contribution in [0.25, 0.3) is 27.9 Å². The standard InChI is InChI=1S/C30H38N6O2.ClH/c1-29(2)16-21(17-30(3,4)35(29)5)33-27-25(19-11-9-8-10-12-19)26(31)36-28(34-27)22(18-32-36)20-13-14-23(37-6)24(15-20)38-7;/h8-15,18,21H,16-17,31H2,1-7H3,(H,33,34);1H. The third kappa shape index (κ3) is 5.11. The van der Waals surface area contributed by atoms with Gasteiger partial charge in [0, 0.05) is 22.7 Å². The Kier molecular flexibility index (Phi) is 7.74. The van der Waals surface area contributed by atoms with E-state index < -0.39 is 0 Å². The van der Waals surface area contributed by atoms with E-state index in [4.69, 9.17) is 20.2 Å². The molecular formula is C30H39ClN6O2. The normalized spacial score (nSPS) is 17.0. The fourth-order valence-electron chi connectivity index (χ4n) is 5.88. The number of nitrogens with two attached hydrogens (primary N) is 1. The molecule has 0 amide bonds. The summed E-state index contributed by atoms with van der Waals surface area (Å²) in [7, 11) is 5.48. The van der Waals surface area contributed by atoms with Gasteiger partial charge in [-0.3, -0.25) is 4.90 Å². The zero-order valence-electron chi connectivity index (χ0n) is 23.8. The van der Waals surface area contributed by atoms with E-state index in [1.54, 1.807) is 24.9 Å². The molecule has 0 unspecified atom stereocenters. The number of benzene rings is 2. The first-order valence-corrected chi connectivity index (χ1v) is 13.0. The van der Waals surface area contributed by atoms with Gasteiger partial charge in [0.2, 0.25) is 0 Å². The van der Waals surface area contributed by atoms with Crippen molar-refractivity contribution >= 4 is 29.7 Å². The van der Waals surface area contributed by atoms with E-state index in [9.17, 15) is 0 Å². The number of aromatic nitrogens is 3. The minimum atomic E-state index is 0. The van der Waals surface area contributed by atoms with Gasteiger partial charge in [0.15, 0.2) is 17.1 Å². The van der Waals surface area contributed by atoms with Crippen molar-refractivity contribution in [3.05, 3.63) is 54.7 Å². The van der Waals surface area contributed by atoms with Crippen LogP contribution in [0.2, 0.25) is 0 Å². The van der Waals surface area contributed by atoms with Crippen molar-refractivity contribution in [1.29, 1.82) is 0 Å². The number of hydrogen-bond acceptors (Lipinski definition) is 7. The van der Waals surface area contributed by atoms with Crippen molar-refractivity contribution in [1.82, 2.24) is 19.5 Å². The van der Waals surface area contributed by atoms with Gasteiger partial charge < -0.3 is 20.5 Å². The van der Waals surface area contributed by atoms with Crippen LogP contribution in [-0.4, -0.2) is 57.9 Å². The van der Waals surface area contributed by atoms with Crippen LogP contribution in [-0.2, 0) is 0 Å². The van der Waals surface area contributed by atoms with E-state index in [0.717, 1.165) is 40.9 Å². The molecule has 2 aromatic heterocycles. The first-order valence-electron chi connectivity index (χ1n) is 13.0. The second kappa shape index (κ2) is 10.6. The molecule has 1 saturated heterocycles. The number of rotatable bonds is 6. The van der Waals surface area contributed by atoms with E-state index in [1.807, 2.05) is 36.4 Å². The molecule has 2 aromatic carbocycles. The Bertz CT molecular complexity index is 1450. The second-order valence-corrected chi connectivity index (χ2v) is 11.4. The number of nitrogen functional groups attached to an aromatic ring is 1. The summed E-state index contributed by atoms with van der Waals surface area (Å²) < 4.78 is 12.7. The van der Waals surface area contributed by atoms with Crippen LogP contribution in [0.15, 0.2) is 54.7 Å². The molecule has 1 fully saturated rings. The molecular weight excluding hydrogens is 512 g/mol. The van der Waals surface area contributed by atoms with Gasteiger partial charge in [0.25, 0.3) is 0 Å². The van der Waals surface area contributed by atoms with Crippen molar-refractivity contribution in [3.8, 4) is 33.8 Å². The number of ether oxygens (including phenoxy) is 2. The highest BCUT2D eigenvalue weighted by Gasteiger charge is 2.43. The lowest BCUT2D eigenvalue weighted by Crippen LogP contribution is -2.61. The van der Waals surface area contributed by atoms with Crippen molar-refractivity contribution in [3.63, 3.8) is 0 Å². The number of halogens is 1. The average molecular weight is 551 g/mol. The Morgan fingerprint density at radius 2 is 1.56 bits per heavy atom. The summed E-state index contributed by atoms with van der Waals surface area (Å²) in [4.78, 5) is 7.66. The lowest BCUT2D eigenvalue weighted by molar-refractivity contribution is -0.00771. The van der Waals surface area contributed by atoms with Gasteiger partial charge >= 0.3 is 0 Å². The number of piperidine rings is 1. The SMILES string of the molecule is COc1ccc(-c2cnn3c(N)c(-c4ccccc4)c(NC4CC(C)(C)N(C)C(C)(C)C4)nc23)cc1OC.Cl. The lowest BCUT2D eigenvalue weighted by atomic mass is 9.77. The minimum Gasteiger partial charge on any atom is -0.493 e. The average Bonchev–Trinajstić information content (AvgIpc) is 3.31. The van der Waals surface area contributed by atoms with E-state index in [2.05, 4.69) is 62.2 Å². The number of methoxy groups -OCH3 is 2. The van der Waals surface area contributed by atoms with Gasteiger partial charge in [-0.25, -0.2) is 4.98 Å². The fraction of sp³-hybridized carbons (Fsp3) is 0.400. The molecule has 1 aliphatic rings. The van der Waals surface area contributed by atoms with E-state index in [-0.39, 0.29) is 29.5 Å². The molecule has 0 saturated carbocycles. The molecule has 3 N–H and O–H groups in total. The van der Waals surface area contributed by atoms with Crippen LogP contribution < -0.4 is 20.5 Å². The van der Waals surface area contributed by atoms with Gasteiger partial charge in [-0.1, -0.05) is 36.4 Å². The highest BCUT2D eigenvalue weighted by Crippen LogP contribution is 2.41. The van der Waals surface area contributed by atoms with Crippen molar-refractivity contribution < 1.29 is 9.47 Å². The van der Waals surface area contributed by atoms with Crippen molar-refractivity contribution in [2.24, 2.45) is 0 Å². The third-order valence-electron chi connectivity index (χ3n) is 8.09. The molecule has 0 spiro atoms. The molecule has 8 nitrogen and oxygen atoms in total. The molecule has 39 heavy (non-hydrogen) atoms. The van der Waals surface area contributed by atoms with Gasteiger partial charge in [0.05, 0.1) is 26.0 Å². The minimum absolute atomic E-state index is 0. The maximum atomic E-state index is 6.85. The predicted octanol–water partition coefficient (Wildman–Crippen LogP) is 6.15. The highest BCUT2D eigenvalue weighted by atomic mass is 35.5. The summed E-state index contributed by atoms with van der Waals surface area (Å²) in [6.45, 7) is 9.21. The summed E-state index contributed by atoms with van der Waals surface area (Å²) in [5.41, 5.74) is 11.2. The number of likely N-dealkylation sites (tertiary alicyclic amines) is 1. The molecule has 9 heteroatoms. The van der Waals surface area contributed by atoms with Crippen LogP contribution >= 0.6 is 12.4 Å². The summed E-state index contributed by atoms with van der Waals surface area (Å²) in [5.74, 6) is 2.63. The predicted molar refractivity (Wildman–Crippen MR) is 161 cm³/mol. The van der Waals surface area contributed by atoms with Gasteiger partial charge in [-0.05, 0) is 70.8 Å². The zero-order chi connectivity index (χ0) is 27.2. The largest absolute Gasteiger partial charge is 0.493 e. The smallest absolute Gasteiger partial charge is 0.167 e. The lowest BCUT2D eigenvalue weighted by Gasteiger charge is -2.53. The number of nitrogens with one attached hydrogen (secondary N) is 1. The summed E-state index contributed by atoms with van der Waals surface area (Å²) in [6.07, 6.45) is 3.77. The van der Waals surface area contributed by atoms with Crippen LogP contribution in [0.4, 0.5) is 11.6 Å². The molecule has 5 rings (SSSR count). The molecule has 0 atom stereocenters. The van der Waals surface area contributed by atoms with E-state index >= 15 is 0 Å². The van der Waals surface area contributed by atoms with Gasteiger partial charge in [0.1, 0.15) is 11.6 Å². The van der Waals surface area contributed by atoms with Crippen LogP contribution in [0.5, 0.6) is 11.5 Å². The number of nitrogens with zero attached hydrogens (tertiary/aromatic N) is 4. The molecule has 0 radical (unpaired) electrons. The van der Waals surface area contributed by atoms with Crippen molar-refractivity contribution in [2.75, 3.05) is 32.3 Å². The Morgan fingerprint density at radius 3 is 2.18 bits per heavy atom. The Labute approximate surface area is 236 Å². The highest BCUT2D eigenvalue weighted by molar-refractivity contribution is 5.89. The maximum absolute atomic E-state index is 6.85. The summed E-state index contributed by atoms with van der Waals surface area (Å²) in [5, 5.41) is 8.46. The number of anilines is 2. The van der Waals surface area contributed by atoms with Crippen LogP contribution in [0, 0.1) is 0 Å². The number of fused-ring (bicyclic) bond motifs is 1. The molecule has 208 valence electrons. The Balaban J connectivity index is 0.00000353. The van der Waals surface area contributed by atoms with Gasteiger partial charge in [-0.15, -0.1) is 12.4 Å². The zero-order valence-corrected chi connectivity index (χ0v) is 24.6. The van der Waals surface area contributed by atoms with Gasteiger partial charge in [-0.2, -0.15) is 9.61 Å². The number of hydrogen-bond donors (Lipinski definition) is 2. The van der Waals surface area contributed by atoms with E-state index in [0.29, 0.717) is 23.0 Å². The summed E-state index contributed by atoms with van der Waals surface area (Å²) in [6, 6.07) is 16.2. The Hall–Kier alpha value is -3.49. The topological polar surface area (TPSA) is 89.9 Å². The maximum Gasteiger partial charge on any atom is 0.167 e. The quantitative estimate of drug-likeness (QED) is 0.297. The first kappa shape index (κ1) is 28.5. The molecule has 0 aliphatic carbocycles. The fourth-order valence-corrected chi connectivity index (χ4v) is 5.88. The van der Waals surface area contributed by atoms with E-state index in [1.165, 1.54) is 0 Å². The Morgan fingerprint density at radius 1 is 0.923 bits per heavy atom. The van der Waals surface area contributed by atoms with Crippen LogP contribution in [0.3, 0.4) is 0 Å². The molecule has 0 bridgehead atoms. The van der Waals surface area contributed by atoms with Crippen LogP contribution in [0.1, 0.15) is 40.5 Å². The summed E-state index contributed by atoms with van der Waals surface area (Å²) >= 11 is 0. The monoisotopic (exact) mass is 550 g/mol. The second-order valence-electron chi connectivity index (χ2n) is 11.4. The molecule has 4 aromatic rings.